The van der Waals surface area contributed by atoms with Crippen molar-refractivity contribution in [2.24, 2.45) is 4.99 Å². The van der Waals surface area contributed by atoms with Crippen molar-refractivity contribution in [2.75, 3.05) is 4.90 Å². The van der Waals surface area contributed by atoms with Crippen LogP contribution in [0.1, 0.15) is 93.1 Å². The van der Waals surface area contributed by atoms with Crippen molar-refractivity contribution in [3.05, 3.63) is 130 Å². The van der Waals surface area contributed by atoms with Crippen LogP contribution in [0.4, 0.5) is 17.2 Å². The van der Waals surface area contributed by atoms with Gasteiger partial charge in [0.05, 0.1) is 17.1 Å². The van der Waals surface area contributed by atoms with E-state index >= 15 is 0 Å². The first-order valence-corrected chi connectivity index (χ1v) is 17.1. The second kappa shape index (κ2) is 10.5. The van der Waals surface area contributed by atoms with Gasteiger partial charge in [0.1, 0.15) is 22.7 Å². The molecular weight excluding hydrogens is 606 g/mol. The molecule has 49 heavy (non-hydrogen) atoms. The number of hydrogen-bond donors (Lipinski definition) is 0. The second-order valence-electron chi connectivity index (χ2n) is 15.7. The third kappa shape index (κ3) is 4.69. The molecule has 0 saturated heterocycles. The van der Waals surface area contributed by atoms with Gasteiger partial charge in [-0.2, -0.15) is 0 Å². The molecule has 0 bridgehead atoms. The van der Waals surface area contributed by atoms with Crippen molar-refractivity contribution < 1.29 is 9.47 Å². The van der Waals surface area contributed by atoms with Gasteiger partial charge in [-0.3, -0.25) is 9.88 Å². The van der Waals surface area contributed by atoms with Crippen LogP contribution in [-0.4, -0.2) is 26.5 Å². The molecule has 0 amide bonds. The second-order valence-corrected chi connectivity index (χ2v) is 15.7. The highest BCUT2D eigenvalue weighted by molar-refractivity contribution is 5.96. The lowest BCUT2D eigenvalue weighted by Gasteiger charge is -2.41. The molecule has 3 aliphatic rings. The minimum Gasteiger partial charge on any atom is -0.468 e. The molecule has 0 radical (unpaired) electrons. The van der Waals surface area contributed by atoms with E-state index in [-0.39, 0.29) is 10.8 Å². The molecule has 0 unspecified atom stereocenters. The highest BCUT2D eigenvalue weighted by Crippen LogP contribution is 2.54. The number of para-hydroxylation sites is 1. The molecule has 8 rings (SSSR count). The molecule has 248 valence electrons. The lowest BCUT2D eigenvalue weighted by Crippen LogP contribution is -2.41. The van der Waals surface area contributed by atoms with Crippen LogP contribution in [0.3, 0.4) is 0 Å². The summed E-state index contributed by atoms with van der Waals surface area (Å²) >= 11 is 0. The molecular formula is C42H43N5O2. The van der Waals surface area contributed by atoms with Gasteiger partial charge in [0.25, 0.3) is 0 Å². The number of benzene rings is 2. The third-order valence-electron chi connectivity index (χ3n) is 11.1. The van der Waals surface area contributed by atoms with Crippen LogP contribution in [0.2, 0.25) is 0 Å². The molecule has 1 aliphatic carbocycles. The summed E-state index contributed by atoms with van der Waals surface area (Å²) in [5, 5.41) is 0. The highest BCUT2D eigenvalue weighted by Gasteiger charge is 2.60. The first kappa shape index (κ1) is 31.2. The van der Waals surface area contributed by atoms with E-state index in [0.717, 1.165) is 34.9 Å². The number of aliphatic imine (C=N–C) groups is 1. The zero-order valence-corrected chi connectivity index (χ0v) is 29.8. The van der Waals surface area contributed by atoms with Gasteiger partial charge in [-0.05, 0) is 96.8 Å². The van der Waals surface area contributed by atoms with Crippen LogP contribution in [-0.2, 0) is 27.5 Å². The highest BCUT2D eigenvalue weighted by atomic mass is 16.5. The lowest BCUT2D eigenvalue weighted by molar-refractivity contribution is 0.0463. The minimum atomic E-state index is -0.580. The first-order valence-electron chi connectivity index (χ1n) is 17.1. The van der Waals surface area contributed by atoms with Gasteiger partial charge >= 0.3 is 0 Å². The Hall–Kier alpha value is -5.04. The number of ether oxygens (including phenoxy) is 2. The summed E-state index contributed by atoms with van der Waals surface area (Å²) in [6, 6.07) is 23.1. The summed E-state index contributed by atoms with van der Waals surface area (Å²) in [5.41, 5.74) is 10.0. The van der Waals surface area contributed by atoms with Crippen molar-refractivity contribution in [3.8, 4) is 11.6 Å². The van der Waals surface area contributed by atoms with Gasteiger partial charge in [-0.1, -0.05) is 58.9 Å². The molecule has 2 aliphatic heterocycles. The molecule has 3 aromatic heterocycles. The Kier molecular flexibility index (Phi) is 6.68. The topological polar surface area (TPSA) is 72.7 Å². The Labute approximate surface area is 289 Å². The Balaban J connectivity index is 1.16. The number of hydrogen-bond acceptors (Lipinski definition) is 7. The molecule has 0 spiro atoms. The van der Waals surface area contributed by atoms with Gasteiger partial charge in [0.15, 0.2) is 0 Å². The number of anilines is 3. The van der Waals surface area contributed by atoms with Gasteiger partial charge in [0.2, 0.25) is 11.8 Å². The van der Waals surface area contributed by atoms with Crippen molar-refractivity contribution in [1.29, 1.82) is 0 Å². The number of nitrogens with zero attached hydrogens (tertiary/aromatic N) is 5. The summed E-state index contributed by atoms with van der Waals surface area (Å²) in [6.45, 7) is 19.8. The normalized spacial score (nSPS) is 21.7. The van der Waals surface area contributed by atoms with Crippen LogP contribution < -0.4 is 9.64 Å². The summed E-state index contributed by atoms with van der Waals surface area (Å²) in [7, 11) is 0. The molecule has 2 aromatic carbocycles. The summed E-state index contributed by atoms with van der Waals surface area (Å²) in [5.74, 6) is 2.61. The van der Waals surface area contributed by atoms with Crippen LogP contribution in [0.15, 0.2) is 90.3 Å². The average Bonchev–Trinajstić information content (AvgIpc) is 3.45. The number of fused-ring (bicyclic) bond motifs is 5. The van der Waals surface area contributed by atoms with Crippen molar-refractivity contribution in [2.45, 2.75) is 90.7 Å². The fourth-order valence-electron chi connectivity index (χ4n) is 7.75. The summed E-state index contributed by atoms with van der Waals surface area (Å²) in [6.07, 6.45) is 6.38. The van der Waals surface area contributed by atoms with Crippen molar-refractivity contribution in [3.63, 3.8) is 0 Å². The van der Waals surface area contributed by atoms with E-state index in [2.05, 4.69) is 121 Å². The Morgan fingerprint density at radius 1 is 0.816 bits per heavy atom. The van der Waals surface area contributed by atoms with E-state index in [1.165, 1.54) is 33.4 Å². The predicted molar refractivity (Wildman–Crippen MR) is 195 cm³/mol. The molecule has 5 heterocycles. The largest absolute Gasteiger partial charge is 0.468 e. The fourth-order valence-corrected chi connectivity index (χ4v) is 7.75. The van der Waals surface area contributed by atoms with Crippen LogP contribution >= 0.6 is 0 Å². The van der Waals surface area contributed by atoms with Crippen LogP contribution in [0.5, 0.6) is 11.6 Å². The third-order valence-corrected chi connectivity index (χ3v) is 11.1. The van der Waals surface area contributed by atoms with E-state index in [1.54, 1.807) is 6.20 Å². The maximum Gasteiger partial charge on any atom is 0.219 e. The quantitative estimate of drug-likeness (QED) is 0.193. The van der Waals surface area contributed by atoms with Gasteiger partial charge in [-0.15, -0.1) is 0 Å². The monoisotopic (exact) mass is 649 g/mol. The zero-order chi connectivity index (χ0) is 34.5. The number of rotatable bonds is 4. The zero-order valence-electron chi connectivity index (χ0n) is 29.8. The number of pyridine rings is 3. The molecule has 5 aromatic rings. The van der Waals surface area contributed by atoms with Gasteiger partial charge in [-0.25, -0.2) is 15.0 Å². The van der Waals surface area contributed by atoms with E-state index in [0.29, 0.717) is 17.5 Å². The van der Waals surface area contributed by atoms with Crippen LogP contribution in [0.25, 0.3) is 0 Å². The molecule has 0 fully saturated rings. The minimum absolute atomic E-state index is 0.0184. The maximum absolute atomic E-state index is 6.68. The summed E-state index contributed by atoms with van der Waals surface area (Å²) in [4.78, 5) is 21.8. The lowest BCUT2D eigenvalue weighted by atomic mass is 9.73. The van der Waals surface area contributed by atoms with E-state index in [4.69, 9.17) is 24.4 Å². The summed E-state index contributed by atoms with van der Waals surface area (Å²) < 4.78 is 13.2. The number of aryl methyl sites for hydroxylation is 1. The molecule has 2 atom stereocenters. The fraction of sp³-hybridized carbons (Fsp3) is 0.333. The van der Waals surface area contributed by atoms with E-state index < -0.39 is 11.1 Å². The maximum atomic E-state index is 6.68. The number of aromatic nitrogens is 3. The van der Waals surface area contributed by atoms with Gasteiger partial charge in [0, 0.05) is 48.1 Å². The van der Waals surface area contributed by atoms with Crippen LogP contribution in [0, 0.1) is 13.8 Å². The molecule has 0 saturated carbocycles. The molecule has 0 N–H and O–H groups in total. The SMILES string of the molecule is Cc1cnc2c(c1C)C[C@]1(C)OC(c3ccnc(Oc4ccc5c(c4)N(c4cc(C(C)(C)C)ccn4)c4ccccc4C5(C)C)c3)=N[C@]21C. The van der Waals surface area contributed by atoms with Crippen molar-refractivity contribution in [1.82, 2.24) is 15.0 Å². The smallest absolute Gasteiger partial charge is 0.219 e. The Morgan fingerprint density at radius 3 is 2.37 bits per heavy atom. The standard InChI is InChI=1S/C42H43N5O2/c1-25-24-45-37-30(26(25)2)23-41(8)42(37,9)46-38(49-41)27-16-18-44-36(20-27)48-29-14-15-32-34(22-29)47(33-13-11-10-12-31(33)40(32,6)7)35-21-28(17-19-43-35)39(3,4)5/h10-22,24H,23H2,1-9H3/t41-,42+/m0/s1. The average molecular weight is 650 g/mol. The van der Waals surface area contributed by atoms with Crippen molar-refractivity contribution >= 4 is 23.1 Å². The predicted octanol–water partition coefficient (Wildman–Crippen LogP) is 9.69. The molecule has 7 nitrogen and oxygen atoms in total. The Bertz CT molecular complexity index is 2200. The Morgan fingerprint density at radius 2 is 1.57 bits per heavy atom. The van der Waals surface area contributed by atoms with Gasteiger partial charge < -0.3 is 9.47 Å². The van der Waals surface area contributed by atoms with E-state index in [9.17, 15) is 0 Å². The molecule has 7 heteroatoms. The van der Waals surface area contributed by atoms with E-state index in [1.807, 2.05) is 30.6 Å². The first-order chi connectivity index (χ1) is 23.2.